The summed E-state index contributed by atoms with van der Waals surface area (Å²) in [5.41, 5.74) is 4.16. The first-order valence-electron chi connectivity index (χ1n) is 13.0. The number of aromatic nitrogens is 4. The molecule has 0 bridgehead atoms. The lowest BCUT2D eigenvalue weighted by atomic mass is 9.89. The van der Waals surface area contributed by atoms with E-state index < -0.39 is 10.0 Å². The van der Waals surface area contributed by atoms with Crippen LogP contribution in [0.5, 0.6) is 5.88 Å². The Morgan fingerprint density at radius 2 is 2.10 bits per heavy atom. The van der Waals surface area contributed by atoms with Gasteiger partial charge in [-0.25, -0.2) is 18.1 Å². The van der Waals surface area contributed by atoms with Crippen LogP contribution in [0.3, 0.4) is 0 Å². The lowest BCUT2D eigenvalue weighted by molar-refractivity contribution is -0.140. The molecule has 0 radical (unpaired) electrons. The summed E-state index contributed by atoms with van der Waals surface area (Å²) >= 11 is 8.07. The van der Waals surface area contributed by atoms with Gasteiger partial charge in [-0.05, 0) is 61.2 Å². The minimum atomic E-state index is -3.89. The van der Waals surface area contributed by atoms with Gasteiger partial charge < -0.3 is 9.47 Å². The number of halogens is 1. The molecular weight excluding hydrogens is 574 g/mol. The number of hydrogen-bond acceptors (Lipinski definition) is 9. The summed E-state index contributed by atoms with van der Waals surface area (Å²) in [6.07, 6.45) is 1.85. The molecule has 40 heavy (non-hydrogen) atoms. The molecule has 10 nitrogen and oxygen atoms in total. The van der Waals surface area contributed by atoms with Crippen LogP contribution in [-0.4, -0.2) is 58.4 Å². The number of fused-ring (bicyclic) bond motifs is 2. The van der Waals surface area contributed by atoms with Crippen molar-refractivity contribution >= 4 is 50.0 Å². The monoisotopic (exact) mass is 603 g/mol. The third-order valence-electron chi connectivity index (χ3n) is 7.22. The van der Waals surface area contributed by atoms with Gasteiger partial charge in [-0.3, -0.25) is 4.79 Å². The molecule has 2 atom stereocenters. The van der Waals surface area contributed by atoms with Crippen LogP contribution in [0, 0.1) is 6.92 Å². The normalized spacial score (nSPS) is 17.7. The summed E-state index contributed by atoms with van der Waals surface area (Å²) in [7, 11) is -2.54. The van der Waals surface area contributed by atoms with E-state index in [9.17, 15) is 13.2 Å². The zero-order valence-electron chi connectivity index (χ0n) is 22.6. The molecule has 0 fully saturated rings. The highest BCUT2D eigenvalue weighted by Crippen LogP contribution is 2.41. The highest BCUT2D eigenvalue weighted by molar-refractivity contribution is 7.89. The second-order valence-corrected chi connectivity index (χ2v) is 13.2. The van der Waals surface area contributed by atoms with Crippen LogP contribution in [0.15, 0.2) is 41.4 Å². The lowest BCUT2D eigenvalue weighted by Gasteiger charge is -2.22. The molecule has 0 saturated heterocycles. The van der Waals surface area contributed by atoms with E-state index in [1.165, 1.54) is 35.0 Å². The molecule has 1 aliphatic heterocycles. The number of esters is 1. The second-order valence-electron chi connectivity index (χ2n) is 9.59. The van der Waals surface area contributed by atoms with Crippen LogP contribution in [0.25, 0.3) is 11.0 Å². The summed E-state index contributed by atoms with van der Waals surface area (Å²) < 4.78 is 41.9. The Labute approximate surface area is 241 Å². The number of thiophene rings is 1. The topological polar surface area (TPSA) is 117 Å². The molecule has 0 aliphatic carbocycles. The Morgan fingerprint density at radius 3 is 2.83 bits per heavy atom. The van der Waals surface area contributed by atoms with Gasteiger partial charge in [0.1, 0.15) is 16.5 Å². The van der Waals surface area contributed by atoms with Gasteiger partial charge in [-0.15, -0.1) is 16.4 Å². The van der Waals surface area contributed by atoms with E-state index in [-0.39, 0.29) is 48.3 Å². The number of ether oxygens (including phenoxy) is 2. The van der Waals surface area contributed by atoms with Crippen molar-refractivity contribution in [1.82, 2.24) is 24.3 Å². The highest BCUT2D eigenvalue weighted by Gasteiger charge is 2.36. The molecule has 3 aromatic heterocycles. The van der Waals surface area contributed by atoms with E-state index in [4.69, 9.17) is 21.1 Å². The number of carbonyl (C=O) groups is 1. The molecule has 0 spiro atoms. The predicted octanol–water partition coefficient (Wildman–Crippen LogP) is 4.93. The molecule has 4 heterocycles. The number of pyridine rings is 1. The molecule has 0 amide bonds. The Morgan fingerprint density at radius 1 is 1.30 bits per heavy atom. The molecule has 212 valence electrons. The summed E-state index contributed by atoms with van der Waals surface area (Å²) in [4.78, 5) is 17.5. The molecule has 1 aliphatic rings. The Hall–Kier alpha value is -3.06. The van der Waals surface area contributed by atoms with Crippen molar-refractivity contribution < 1.29 is 22.7 Å². The first-order valence-corrected chi connectivity index (χ1v) is 15.6. The van der Waals surface area contributed by atoms with E-state index in [0.29, 0.717) is 22.9 Å². The smallest absolute Gasteiger partial charge is 0.306 e. The van der Waals surface area contributed by atoms with Gasteiger partial charge in [-0.2, -0.15) is 4.31 Å². The average Bonchev–Trinajstić information content (AvgIpc) is 3.51. The minimum Gasteiger partial charge on any atom is -0.472 e. The van der Waals surface area contributed by atoms with Gasteiger partial charge in [-0.1, -0.05) is 29.8 Å². The van der Waals surface area contributed by atoms with Gasteiger partial charge in [0, 0.05) is 30.1 Å². The van der Waals surface area contributed by atoms with Crippen molar-refractivity contribution in [1.29, 1.82) is 0 Å². The molecule has 4 aromatic rings. The zero-order chi connectivity index (χ0) is 28.6. The van der Waals surface area contributed by atoms with Gasteiger partial charge in [0.15, 0.2) is 0 Å². The third-order valence-corrected chi connectivity index (χ3v) is 10.6. The maximum Gasteiger partial charge on any atom is 0.306 e. The summed E-state index contributed by atoms with van der Waals surface area (Å²) in [6, 6.07) is 8.92. The Kier molecular flexibility index (Phi) is 8.14. The number of rotatable bonds is 8. The van der Waals surface area contributed by atoms with Crippen molar-refractivity contribution in [2.45, 2.75) is 63.6 Å². The summed E-state index contributed by atoms with van der Waals surface area (Å²) in [5, 5.41) is 8.61. The summed E-state index contributed by atoms with van der Waals surface area (Å²) in [5.74, 6) is -0.620. The number of nitrogens with zero attached hydrogens (tertiary/aromatic N) is 5. The number of methoxy groups -OCH3 is 1. The van der Waals surface area contributed by atoms with Crippen molar-refractivity contribution in [2.24, 2.45) is 0 Å². The standard InChI is InChI=1S/C27H30ClN5O5S2/c1-5-18-15-32(40(35,36)23-8-7-11-29-27(23)38-18)14-17-12-22(39-26(17)28)20(13-24(34)37-4)19-9-10-21-25(16(19)3)30-31-33(21)6-2/h7-12,18,20H,5-6,13-15H2,1-4H3/t18-,20+/m1/s1. The predicted molar refractivity (Wildman–Crippen MR) is 152 cm³/mol. The number of aryl methyl sites for hydroxylation is 2. The van der Waals surface area contributed by atoms with Crippen LogP contribution in [0.2, 0.25) is 4.34 Å². The number of carbonyl (C=O) groups excluding carboxylic acids is 1. The maximum absolute atomic E-state index is 13.6. The van der Waals surface area contributed by atoms with Crippen LogP contribution in [0.1, 0.15) is 54.2 Å². The quantitative estimate of drug-likeness (QED) is 0.260. The van der Waals surface area contributed by atoms with Gasteiger partial charge in [0.05, 0.1) is 29.9 Å². The van der Waals surface area contributed by atoms with E-state index >= 15 is 0 Å². The van der Waals surface area contributed by atoms with Crippen LogP contribution < -0.4 is 4.74 Å². The number of hydrogen-bond donors (Lipinski definition) is 0. The molecule has 5 rings (SSSR count). The van der Waals surface area contributed by atoms with Crippen LogP contribution in [-0.2, 0) is 32.6 Å². The van der Waals surface area contributed by atoms with Gasteiger partial charge in [0.2, 0.25) is 15.9 Å². The molecule has 0 N–H and O–H groups in total. The van der Waals surface area contributed by atoms with Crippen LogP contribution in [0.4, 0.5) is 0 Å². The first kappa shape index (κ1) is 28.5. The van der Waals surface area contributed by atoms with E-state index in [1.54, 1.807) is 6.07 Å². The maximum atomic E-state index is 13.6. The SMILES string of the molecule is CC[C@@H]1CN(Cc2cc([C@@H](CC(=O)OC)c3ccc4c(nnn4CC)c3C)sc2Cl)S(=O)(=O)c2cccnc2O1. The van der Waals surface area contributed by atoms with Crippen molar-refractivity contribution in [3.05, 3.63) is 62.4 Å². The average molecular weight is 604 g/mol. The molecule has 0 saturated carbocycles. The Balaban J connectivity index is 1.53. The van der Waals surface area contributed by atoms with Crippen molar-refractivity contribution in [3.8, 4) is 5.88 Å². The fraction of sp³-hybridized carbons (Fsp3) is 0.407. The van der Waals surface area contributed by atoms with Crippen molar-refractivity contribution in [3.63, 3.8) is 0 Å². The van der Waals surface area contributed by atoms with E-state index in [0.717, 1.165) is 27.0 Å². The second kappa shape index (κ2) is 11.4. The molecule has 0 unspecified atom stereocenters. The van der Waals surface area contributed by atoms with Crippen LogP contribution >= 0.6 is 22.9 Å². The lowest BCUT2D eigenvalue weighted by Crippen LogP contribution is -2.36. The van der Waals surface area contributed by atoms with Gasteiger partial charge >= 0.3 is 5.97 Å². The minimum absolute atomic E-state index is 0.0325. The van der Waals surface area contributed by atoms with Gasteiger partial charge in [0.25, 0.3) is 0 Å². The summed E-state index contributed by atoms with van der Waals surface area (Å²) in [6.45, 7) is 6.81. The molecule has 1 aromatic carbocycles. The number of sulfonamides is 1. The molecule has 13 heteroatoms. The number of benzene rings is 1. The molecular formula is C27H30ClN5O5S2. The zero-order valence-corrected chi connectivity index (χ0v) is 25.0. The fourth-order valence-electron chi connectivity index (χ4n) is 4.99. The Bertz CT molecular complexity index is 1670. The fourth-order valence-corrected chi connectivity index (χ4v) is 7.91. The third kappa shape index (κ3) is 5.20. The largest absolute Gasteiger partial charge is 0.472 e. The van der Waals surface area contributed by atoms with E-state index in [2.05, 4.69) is 15.3 Å². The van der Waals surface area contributed by atoms with E-state index in [1.807, 2.05) is 43.7 Å². The van der Waals surface area contributed by atoms with Crippen molar-refractivity contribution in [2.75, 3.05) is 13.7 Å². The highest BCUT2D eigenvalue weighted by atomic mass is 35.5. The first-order chi connectivity index (χ1) is 19.2.